The third kappa shape index (κ3) is 1.99. The van der Waals surface area contributed by atoms with Crippen LogP contribution in [0.3, 0.4) is 0 Å². The van der Waals surface area contributed by atoms with Crippen LogP contribution in [0.1, 0.15) is 10.6 Å². The maximum absolute atomic E-state index is 10.2. The van der Waals surface area contributed by atoms with Crippen molar-refractivity contribution in [1.29, 1.82) is 0 Å². The van der Waals surface area contributed by atoms with Gasteiger partial charge in [-0.05, 0) is 6.07 Å². The molecule has 0 fully saturated rings. The normalized spacial score (nSPS) is 10.1. The molecule has 0 aliphatic heterocycles. The largest absolute Gasteiger partial charge is 0.475 e. The molecule has 0 amide bonds. The van der Waals surface area contributed by atoms with Crippen LogP contribution < -0.4 is 4.72 Å². The van der Waals surface area contributed by atoms with Crippen molar-refractivity contribution in [1.82, 2.24) is 0 Å². The summed E-state index contributed by atoms with van der Waals surface area (Å²) in [5.74, 6) is -1.66. The molecule has 1 aromatic rings. The monoisotopic (exact) mass is 191 g/mol. The molecule has 12 heavy (non-hydrogen) atoms. The Balaban J connectivity index is 2.84. The van der Waals surface area contributed by atoms with E-state index in [0.717, 1.165) is 6.07 Å². The van der Waals surface area contributed by atoms with Crippen molar-refractivity contribution in [3.05, 3.63) is 17.9 Å². The number of anilines is 1. The van der Waals surface area contributed by atoms with Crippen LogP contribution in [0.5, 0.6) is 0 Å². The van der Waals surface area contributed by atoms with Gasteiger partial charge < -0.3 is 9.52 Å². The van der Waals surface area contributed by atoms with E-state index < -0.39 is 16.9 Å². The second-order valence-corrected chi connectivity index (χ2v) is 2.58. The third-order valence-corrected chi connectivity index (χ3v) is 1.42. The van der Waals surface area contributed by atoms with Crippen molar-refractivity contribution in [3.63, 3.8) is 0 Å². The van der Waals surface area contributed by atoms with E-state index in [1.54, 1.807) is 0 Å². The van der Waals surface area contributed by atoms with Crippen LogP contribution in [0.15, 0.2) is 16.5 Å². The molecule has 0 saturated heterocycles. The lowest BCUT2D eigenvalue weighted by Gasteiger charge is -1.89. The van der Waals surface area contributed by atoms with Crippen molar-refractivity contribution in [2.45, 2.75) is 0 Å². The summed E-state index contributed by atoms with van der Waals surface area (Å²) in [6.45, 7) is 0. The van der Waals surface area contributed by atoms with Crippen LogP contribution in [-0.4, -0.2) is 19.5 Å². The zero-order valence-electron chi connectivity index (χ0n) is 5.68. The van der Waals surface area contributed by atoms with E-state index in [-0.39, 0.29) is 11.6 Å². The summed E-state index contributed by atoms with van der Waals surface area (Å²) in [5.41, 5.74) is 0. The number of hydrogen-bond acceptors (Lipinski definition) is 4. The maximum atomic E-state index is 10.2. The first-order valence-corrected chi connectivity index (χ1v) is 4.01. The molecule has 7 heteroatoms. The molecule has 6 nitrogen and oxygen atoms in total. The van der Waals surface area contributed by atoms with Gasteiger partial charge in [-0.3, -0.25) is 4.72 Å². The molecule has 0 spiro atoms. The Hall–Kier alpha value is -1.50. The fraction of sp³-hybridized carbons (Fsp3) is 0. The molecular formula is C5H5NO5S. The van der Waals surface area contributed by atoms with Crippen LogP contribution in [0.2, 0.25) is 0 Å². The van der Waals surface area contributed by atoms with Crippen molar-refractivity contribution >= 4 is 22.7 Å². The minimum Gasteiger partial charge on any atom is -0.475 e. The number of thiol groups is 1. The number of furan rings is 1. The Kier molecular flexibility index (Phi) is 2.34. The summed E-state index contributed by atoms with van der Waals surface area (Å²) >= 11 is 0. The van der Waals surface area contributed by atoms with Gasteiger partial charge in [0.2, 0.25) is 22.5 Å². The van der Waals surface area contributed by atoms with Gasteiger partial charge in [0.25, 0.3) is 0 Å². The van der Waals surface area contributed by atoms with Crippen LogP contribution >= 0.6 is 0 Å². The second-order valence-electron chi connectivity index (χ2n) is 1.84. The molecule has 66 valence electrons. The quantitative estimate of drug-likeness (QED) is 0.580. The lowest BCUT2D eigenvalue weighted by atomic mass is 10.5. The predicted octanol–water partition coefficient (Wildman–Crippen LogP) is -0.0839. The van der Waals surface area contributed by atoms with E-state index in [1.807, 2.05) is 4.72 Å². The zero-order valence-corrected chi connectivity index (χ0v) is 6.58. The van der Waals surface area contributed by atoms with Crippen molar-refractivity contribution in [2.75, 3.05) is 4.72 Å². The number of carboxylic acids is 1. The van der Waals surface area contributed by atoms with Gasteiger partial charge in [0, 0.05) is 6.07 Å². The SMILES string of the molecule is O=C(O)c1ccc(N[SH](=O)=O)o1. The minimum atomic E-state index is -2.82. The van der Waals surface area contributed by atoms with E-state index in [2.05, 4.69) is 4.42 Å². The van der Waals surface area contributed by atoms with Gasteiger partial charge in [-0.2, -0.15) is 0 Å². The van der Waals surface area contributed by atoms with Crippen molar-refractivity contribution in [2.24, 2.45) is 0 Å². The Morgan fingerprint density at radius 1 is 1.50 bits per heavy atom. The van der Waals surface area contributed by atoms with Gasteiger partial charge in [0.1, 0.15) is 0 Å². The molecule has 2 N–H and O–H groups in total. The van der Waals surface area contributed by atoms with E-state index >= 15 is 0 Å². The van der Waals surface area contributed by atoms with Crippen LogP contribution in [0.4, 0.5) is 5.88 Å². The predicted molar refractivity (Wildman–Crippen MR) is 39.6 cm³/mol. The molecule has 0 aromatic carbocycles. The van der Waals surface area contributed by atoms with E-state index in [1.165, 1.54) is 6.07 Å². The number of carboxylic acid groups (broad SMARTS) is 1. The number of hydrogen-bond donors (Lipinski definition) is 3. The lowest BCUT2D eigenvalue weighted by molar-refractivity contribution is 0.0663. The number of nitrogens with one attached hydrogen (secondary N) is 1. The summed E-state index contributed by atoms with van der Waals surface area (Å²) in [4.78, 5) is 10.2. The smallest absolute Gasteiger partial charge is 0.371 e. The standard InChI is InChI=1S/C5H5NO5S/c7-5(8)3-1-2-4(11-3)6-12(9)10/h1-2,12H,(H,7,8)(H,6,9,10). The Morgan fingerprint density at radius 3 is 2.58 bits per heavy atom. The summed E-state index contributed by atoms with van der Waals surface area (Å²) in [7, 11) is -2.82. The fourth-order valence-electron chi connectivity index (χ4n) is 0.603. The highest BCUT2D eigenvalue weighted by Crippen LogP contribution is 2.12. The van der Waals surface area contributed by atoms with Gasteiger partial charge in [0.05, 0.1) is 0 Å². The molecule has 0 bridgehead atoms. The molecule has 1 aromatic heterocycles. The van der Waals surface area contributed by atoms with Crippen LogP contribution in [0, 0.1) is 0 Å². The average Bonchev–Trinajstić information content (AvgIpc) is 2.34. The number of aromatic carboxylic acids is 1. The van der Waals surface area contributed by atoms with Crippen molar-refractivity contribution in [3.8, 4) is 0 Å². The van der Waals surface area contributed by atoms with E-state index in [0.29, 0.717) is 0 Å². The molecule has 0 aliphatic rings. The first-order valence-electron chi connectivity index (χ1n) is 2.84. The highest BCUT2D eigenvalue weighted by Gasteiger charge is 2.08. The summed E-state index contributed by atoms with van der Waals surface area (Å²) in [5, 5.41) is 8.36. The van der Waals surface area contributed by atoms with Gasteiger partial charge in [0.15, 0.2) is 0 Å². The Bertz CT molecular complexity index is 358. The van der Waals surface area contributed by atoms with Gasteiger partial charge >= 0.3 is 5.97 Å². The highest BCUT2D eigenvalue weighted by atomic mass is 32.2. The third-order valence-electron chi connectivity index (χ3n) is 1.02. The molecule has 0 atom stereocenters. The van der Waals surface area contributed by atoms with Crippen molar-refractivity contribution < 1.29 is 22.7 Å². The summed E-state index contributed by atoms with van der Waals surface area (Å²) in [6.07, 6.45) is 0. The van der Waals surface area contributed by atoms with Gasteiger partial charge in [-0.25, -0.2) is 13.2 Å². The first-order chi connectivity index (χ1) is 5.59. The second kappa shape index (κ2) is 3.26. The van der Waals surface area contributed by atoms with E-state index in [9.17, 15) is 13.2 Å². The molecule has 0 unspecified atom stereocenters. The Morgan fingerprint density at radius 2 is 2.17 bits per heavy atom. The molecule has 0 radical (unpaired) electrons. The first kappa shape index (κ1) is 8.60. The van der Waals surface area contributed by atoms with Gasteiger partial charge in [-0.1, -0.05) is 0 Å². The zero-order chi connectivity index (χ0) is 9.14. The summed E-state index contributed by atoms with van der Waals surface area (Å²) in [6, 6.07) is 2.37. The maximum Gasteiger partial charge on any atom is 0.371 e. The molecule has 1 heterocycles. The highest BCUT2D eigenvalue weighted by molar-refractivity contribution is 7.73. The molecule has 1 rings (SSSR count). The van der Waals surface area contributed by atoms with E-state index in [4.69, 9.17) is 5.11 Å². The minimum absolute atomic E-state index is 0.108. The Labute approximate surface area is 68.9 Å². The van der Waals surface area contributed by atoms with Gasteiger partial charge in [-0.15, -0.1) is 0 Å². The molecular weight excluding hydrogens is 186 g/mol. The number of carbonyl (C=O) groups is 1. The van der Waals surface area contributed by atoms with Crippen LogP contribution in [0.25, 0.3) is 0 Å². The topological polar surface area (TPSA) is 96.6 Å². The van der Waals surface area contributed by atoms with Crippen LogP contribution in [-0.2, 0) is 10.9 Å². The molecule has 0 aliphatic carbocycles. The fourth-order valence-corrected chi connectivity index (χ4v) is 0.903. The average molecular weight is 191 g/mol. The summed E-state index contributed by atoms with van der Waals surface area (Å²) < 4.78 is 26.6. The molecule has 0 saturated carbocycles. The lowest BCUT2D eigenvalue weighted by Crippen LogP contribution is -1.94. The number of rotatable bonds is 3.